The van der Waals surface area contributed by atoms with Crippen molar-refractivity contribution >= 4 is 39.8 Å². The van der Waals surface area contributed by atoms with Gasteiger partial charge in [-0.3, -0.25) is 9.97 Å². The molecule has 0 radical (unpaired) electrons. The number of halogens is 2. The predicted octanol–water partition coefficient (Wildman–Crippen LogP) is 4.22. The van der Waals surface area contributed by atoms with Crippen molar-refractivity contribution in [2.75, 3.05) is 16.8 Å². The van der Waals surface area contributed by atoms with Gasteiger partial charge in [0.1, 0.15) is 17.8 Å². The van der Waals surface area contributed by atoms with Gasteiger partial charge in [-0.05, 0) is 31.2 Å². The Balaban J connectivity index is 1.91. The maximum Gasteiger partial charge on any atom is 0.155 e. The van der Waals surface area contributed by atoms with Crippen LogP contribution in [-0.2, 0) is 0 Å². The molecule has 4 aromatic rings. The van der Waals surface area contributed by atoms with E-state index in [0.717, 1.165) is 11.1 Å². The summed E-state index contributed by atoms with van der Waals surface area (Å²) < 4.78 is 14.2. The number of hydrogen-bond acceptors (Lipinski definition) is 7. The third-order valence-electron chi connectivity index (χ3n) is 4.57. The summed E-state index contributed by atoms with van der Waals surface area (Å²) in [6, 6.07) is 7.87. The van der Waals surface area contributed by atoms with Gasteiger partial charge in [-0.15, -0.1) is 0 Å². The molecule has 1 atom stereocenters. The fourth-order valence-corrected chi connectivity index (χ4v) is 3.43. The van der Waals surface area contributed by atoms with Crippen molar-refractivity contribution in [1.29, 1.82) is 0 Å². The summed E-state index contributed by atoms with van der Waals surface area (Å²) in [6.45, 7) is 1.91. The molecule has 0 saturated carbocycles. The zero-order valence-corrected chi connectivity index (χ0v) is 16.2. The number of hydrogen-bond donors (Lipinski definition) is 3. The van der Waals surface area contributed by atoms with E-state index in [9.17, 15) is 4.39 Å². The van der Waals surface area contributed by atoms with Crippen LogP contribution in [0.15, 0.2) is 49.1 Å². The molecule has 4 rings (SSSR count). The van der Waals surface area contributed by atoms with Crippen molar-refractivity contribution < 1.29 is 4.39 Å². The third kappa shape index (κ3) is 3.50. The Kier molecular flexibility index (Phi) is 4.85. The Labute approximate surface area is 171 Å². The minimum absolute atomic E-state index is 0.185. The summed E-state index contributed by atoms with van der Waals surface area (Å²) in [5.41, 5.74) is 14.7. The molecule has 9 heteroatoms. The Morgan fingerprint density at radius 2 is 1.93 bits per heavy atom. The highest BCUT2D eigenvalue weighted by Gasteiger charge is 2.20. The van der Waals surface area contributed by atoms with Gasteiger partial charge in [0, 0.05) is 28.9 Å². The molecule has 0 bridgehead atoms. The standard InChI is InChI=1S/C20H17ClFN7/c1-10(29-20-17(23)19(24)27-9-28-20)13-8-26-18-12(6-11(22)7-14(18)21)16(13)15-4-2-3-5-25-15/h2-10H,23H2,1H3,(H3,24,27,28,29)/t10-/m1/s1. The quantitative estimate of drug-likeness (QED) is 0.462. The molecule has 5 N–H and O–H groups in total. The van der Waals surface area contributed by atoms with Crippen LogP contribution in [-0.4, -0.2) is 19.9 Å². The van der Waals surface area contributed by atoms with E-state index in [1.165, 1.54) is 18.5 Å². The fraction of sp³-hybridized carbons (Fsp3) is 0.100. The van der Waals surface area contributed by atoms with Crippen LogP contribution in [0.2, 0.25) is 5.02 Å². The second-order valence-corrected chi connectivity index (χ2v) is 6.88. The lowest BCUT2D eigenvalue weighted by Gasteiger charge is -2.20. The van der Waals surface area contributed by atoms with E-state index in [1.54, 1.807) is 12.4 Å². The molecule has 0 saturated heterocycles. The number of rotatable bonds is 4. The van der Waals surface area contributed by atoms with Crippen molar-refractivity contribution in [2.45, 2.75) is 13.0 Å². The summed E-state index contributed by atoms with van der Waals surface area (Å²) in [5, 5.41) is 4.02. The van der Waals surface area contributed by atoms with Crippen molar-refractivity contribution in [1.82, 2.24) is 19.9 Å². The Hall–Kier alpha value is -3.52. The highest BCUT2D eigenvalue weighted by molar-refractivity contribution is 6.35. The van der Waals surface area contributed by atoms with Crippen LogP contribution in [0.5, 0.6) is 0 Å². The first-order valence-corrected chi connectivity index (χ1v) is 9.15. The number of benzene rings is 1. The van der Waals surface area contributed by atoms with Gasteiger partial charge < -0.3 is 16.8 Å². The summed E-state index contributed by atoms with van der Waals surface area (Å²) in [7, 11) is 0. The Morgan fingerprint density at radius 1 is 1.10 bits per heavy atom. The van der Waals surface area contributed by atoms with Crippen LogP contribution < -0.4 is 16.8 Å². The van der Waals surface area contributed by atoms with Crippen LogP contribution in [0, 0.1) is 5.82 Å². The lowest BCUT2D eigenvalue weighted by Crippen LogP contribution is -2.13. The fourth-order valence-electron chi connectivity index (χ4n) is 3.17. The van der Waals surface area contributed by atoms with Gasteiger partial charge in [0.15, 0.2) is 11.6 Å². The third-order valence-corrected chi connectivity index (χ3v) is 4.86. The second-order valence-electron chi connectivity index (χ2n) is 6.47. The van der Waals surface area contributed by atoms with E-state index < -0.39 is 5.82 Å². The van der Waals surface area contributed by atoms with Crippen molar-refractivity contribution in [3.63, 3.8) is 0 Å². The molecule has 0 aliphatic carbocycles. The van der Waals surface area contributed by atoms with E-state index in [0.29, 0.717) is 22.4 Å². The summed E-state index contributed by atoms with van der Waals surface area (Å²) in [6.07, 6.45) is 4.69. The summed E-state index contributed by atoms with van der Waals surface area (Å²) in [4.78, 5) is 16.9. The molecule has 0 spiro atoms. The molecule has 29 heavy (non-hydrogen) atoms. The van der Waals surface area contributed by atoms with E-state index in [-0.39, 0.29) is 22.6 Å². The second kappa shape index (κ2) is 7.48. The van der Waals surface area contributed by atoms with Crippen LogP contribution in [0.3, 0.4) is 0 Å². The van der Waals surface area contributed by atoms with Gasteiger partial charge in [-0.25, -0.2) is 14.4 Å². The van der Waals surface area contributed by atoms with Gasteiger partial charge in [-0.2, -0.15) is 0 Å². The van der Waals surface area contributed by atoms with Crippen molar-refractivity contribution in [3.8, 4) is 11.3 Å². The molecule has 0 unspecified atom stereocenters. The molecular weight excluding hydrogens is 393 g/mol. The van der Waals surface area contributed by atoms with Gasteiger partial charge in [0.2, 0.25) is 0 Å². The monoisotopic (exact) mass is 409 g/mol. The SMILES string of the molecule is C[C@@H](Nc1ncnc(N)c1N)c1cnc2c(Cl)cc(F)cc2c1-c1ccccn1. The maximum atomic E-state index is 14.2. The first-order valence-electron chi connectivity index (χ1n) is 8.77. The van der Waals surface area contributed by atoms with Crippen molar-refractivity contribution in [3.05, 3.63) is 65.5 Å². The zero-order valence-electron chi connectivity index (χ0n) is 15.4. The van der Waals surface area contributed by atoms with E-state index in [1.807, 2.05) is 25.1 Å². The van der Waals surface area contributed by atoms with Gasteiger partial charge in [0.25, 0.3) is 0 Å². The normalized spacial score (nSPS) is 12.1. The molecule has 0 aliphatic rings. The molecule has 0 amide bonds. The molecule has 146 valence electrons. The first-order chi connectivity index (χ1) is 14.0. The number of anilines is 3. The molecular formula is C20H17ClFN7. The number of nitrogen functional groups attached to an aromatic ring is 2. The molecule has 3 aromatic heterocycles. The van der Waals surface area contributed by atoms with E-state index in [4.69, 9.17) is 23.1 Å². The average Bonchev–Trinajstić information content (AvgIpc) is 2.71. The van der Waals surface area contributed by atoms with Crippen LogP contribution in [0.25, 0.3) is 22.2 Å². The predicted molar refractivity (Wildman–Crippen MR) is 113 cm³/mol. The number of fused-ring (bicyclic) bond motifs is 1. The minimum Gasteiger partial charge on any atom is -0.393 e. The number of pyridine rings is 2. The molecule has 0 aliphatic heterocycles. The lowest BCUT2D eigenvalue weighted by molar-refractivity contribution is 0.629. The molecule has 7 nitrogen and oxygen atoms in total. The molecule has 3 heterocycles. The first kappa shape index (κ1) is 18.8. The number of nitrogens with one attached hydrogen (secondary N) is 1. The van der Waals surface area contributed by atoms with E-state index in [2.05, 4.69) is 25.3 Å². The Morgan fingerprint density at radius 3 is 2.69 bits per heavy atom. The molecule has 1 aromatic carbocycles. The molecule has 0 fully saturated rings. The number of nitrogens with two attached hydrogens (primary N) is 2. The van der Waals surface area contributed by atoms with Gasteiger partial charge in [0.05, 0.1) is 22.3 Å². The van der Waals surface area contributed by atoms with Crippen LogP contribution in [0.1, 0.15) is 18.5 Å². The van der Waals surface area contributed by atoms with Crippen molar-refractivity contribution in [2.24, 2.45) is 0 Å². The topological polar surface area (TPSA) is 116 Å². The van der Waals surface area contributed by atoms with Crippen LogP contribution >= 0.6 is 11.6 Å². The van der Waals surface area contributed by atoms with Gasteiger partial charge >= 0.3 is 0 Å². The average molecular weight is 410 g/mol. The highest BCUT2D eigenvalue weighted by Crippen LogP contribution is 2.37. The summed E-state index contributed by atoms with van der Waals surface area (Å²) in [5.74, 6) is 0.131. The maximum absolute atomic E-state index is 14.2. The lowest BCUT2D eigenvalue weighted by atomic mass is 9.96. The highest BCUT2D eigenvalue weighted by atomic mass is 35.5. The number of aromatic nitrogens is 4. The summed E-state index contributed by atoms with van der Waals surface area (Å²) >= 11 is 6.24. The van der Waals surface area contributed by atoms with E-state index >= 15 is 0 Å². The number of nitrogens with zero attached hydrogens (tertiary/aromatic N) is 4. The van der Waals surface area contributed by atoms with Gasteiger partial charge in [-0.1, -0.05) is 17.7 Å². The minimum atomic E-state index is -0.452. The van der Waals surface area contributed by atoms with Crippen LogP contribution in [0.4, 0.5) is 21.7 Å². The Bertz CT molecular complexity index is 1200. The smallest absolute Gasteiger partial charge is 0.155 e. The largest absolute Gasteiger partial charge is 0.393 e. The zero-order chi connectivity index (χ0) is 20.5.